The SMILES string of the molecule is Cc1cc(C(N)=O)cc(C)c1C[C@@H](CNC(=O)C[C@H](c1ccccc1)C(C)(C)C)N(C)C. The first kappa shape index (κ1) is 25.6. The Labute approximate surface area is 193 Å². The van der Waals surface area contributed by atoms with Crippen LogP contribution in [0.3, 0.4) is 0 Å². The Morgan fingerprint density at radius 1 is 1.03 bits per heavy atom. The summed E-state index contributed by atoms with van der Waals surface area (Å²) in [5, 5.41) is 3.17. The van der Waals surface area contributed by atoms with Gasteiger partial charge in [-0.25, -0.2) is 0 Å². The summed E-state index contributed by atoms with van der Waals surface area (Å²) in [5.74, 6) is -0.198. The monoisotopic (exact) mass is 437 g/mol. The second-order valence-electron chi connectivity index (χ2n) is 10.1. The Balaban J connectivity index is 2.09. The van der Waals surface area contributed by atoms with Gasteiger partial charge in [-0.05, 0) is 80.1 Å². The Morgan fingerprint density at radius 2 is 1.59 bits per heavy atom. The number of carbonyl (C=O) groups is 2. The molecule has 2 aromatic carbocycles. The minimum atomic E-state index is -0.411. The largest absolute Gasteiger partial charge is 0.366 e. The molecular weight excluding hydrogens is 398 g/mol. The van der Waals surface area contributed by atoms with Crippen molar-refractivity contribution in [1.29, 1.82) is 0 Å². The molecule has 0 aliphatic carbocycles. The highest BCUT2D eigenvalue weighted by Crippen LogP contribution is 2.37. The van der Waals surface area contributed by atoms with Gasteiger partial charge in [-0.3, -0.25) is 9.59 Å². The lowest BCUT2D eigenvalue weighted by molar-refractivity contribution is -0.122. The first-order valence-corrected chi connectivity index (χ1v) is 11.3. The van der Waals surface area contributed by atoms with Crippen LogP contribution in [0.5, 0.6) is 0 Å². The third-order valence-corrected chi connectivity index (χ3v) is 6.32. The van der Waals surface area contributed by atoms with Crippen molar-refractivity contribution in [2.75, 3.05) is 20.6 Å². The van der Waals surface area contributed by atoms with Gasteiger partial charge in [0.2, 0.25) is 11.8 Å². The highest BCUT2D eigenvalue weighted by atomic mass is 16.1. The van der Waals surface area contributed by atoms with Crippen LogP contribution < -0.4 is 11.1 Å². The molecule has 0 saturated carbocycles. The van der Waals surface area contributed by atoms with Crippen molar-refractivity contribution in [1.82, 2.24) is 10.2 Å². The van der Waals surface area contributed by atoms with E-state index in [4.69, 9.17) is 5.73 Å². The fraction of sp³-hybridized carbons (Fsp3) is 0.481. The van der Waals surface area contributed by atoms with E-state index in [9.17, 15) is 9.59 Å². The normalized spacial score (nSPS) is 13.6. The fourth-order valence-electron chi connectivity index (χ4n) is 4.23. The van der Waals surface area contributed by atoms with Crippen LogP contribution in [0.1, 0.15) is 65.7 Å². The maximum absolute atomic E-state index is 12.9. The van der Waals surface area contributed by atoms with Crippen molar-refractivity contribution in [3.05, 3.63) is 70.3 Å². The lowest BCUT2D eigenvalue weighted by atomic mass is 9.74. The predicted octanol–water partition coefficient (Wildman–Crippen LogP) is 4.21. The number of hydrogen-bond donors (Lipinski definition) is 2. The van der Waals surface area contributed by atoms with Gasteiger partial charge in [-0.2, -0.15) is 0 Å². The van der Waals surface area contributed by atoms with Crippen LogP contribution in [-0.2, 0) is 11.2 Å². The molecule has 32 heavy (non-hydrogen) atoms. The van der Waals surface area contributed by atoms with Gasteiger partial charge in [0.15, 0.2) is 0 Å². The van der Waals surface area contributed by atoms with E-state index in [1.807, 2.05) is 58.3 Å². The van der Waals surface area contributed by atoms with Gasteiger partial charge in [0, 0.05) is 24.6 Å². The number of aryl methyl sites for hydroxylation is 2. The highest BCUT2D eigenvalue weighted by molar-refractivity contribution is 5.93. The van der Waals surface area contributed by atoms with E-state index >= 15 is 0 Å². The van der Waals surface area contributed by atoms with E-state index in [2.05, 4.69) is 43.1 Å². The number of amides is 2. The Kier molecular flexibility index (Phi) is 8.62. The molecule has 5 heteroatoms. The zero-order valence-electron chi connectivity index (χ0n) is 20.7. The van der Waals surface area contributed by atoms with Crippen molar-refractivity contribution in [2.45, 2.75) is 59.4 Å². The smallest absolute Gasteiger partial charge is 0.248 e. The van der Waals surface area contributed by atoms with Crippen LogP contribution in [0.2, 0.25) is 0 Å². The van der Waals surface area contributed by atoms with Gasteiger partial charge in [-0.1, -0.05) is 51.1 Å². The van der Waals surface area contributed by atoms with Crippen molar-refractivity contribution in [2.24, 2.45) is 11.1 Å². The number of hydrogen-bond acceptors (Lipinski definition) is 3. The Bertz CT molecular complexity index is 907. The number of carbonyl (C=O) groups excluding carboxylic acids is 2. The van der Waals surface area contributed by atoms with E-state index in [0.29, 0.717) is 18.5 Å². The van der Waals surface area contributed by atoms with Crippen molar-refractivity contribution < 1.29 is 9.59 Å². The highest BCUT2D eigenvalue weighted by Gasteiger charge is 2.28. The third kappa shape index (κ3) is 6.92. The maximum Gasteiger partial charge on any atom is 0.248 e. The molecule has 0 saturated heterocycles. The van der Waals surface area contributed by atoms with E-state index in [1.54, 1.807) is 0 Å². The molecule has 5 nitrogen and oxygen atoms in total. The number of benzene rings is 2. The summed E-state index contributed by atoms with van der Waals surface area (Å²) in [5.41, 5.74) is 10.5. The second-order valence-corrected chi connectivity index (χ2v) is 10.1. The van der Waals surface area contributed by atoms with Gasteiger partial charge >= 0.3 is 0 Å². The molecule has 174 valence electrons. The van der Waals surface area contributed by atoms with Crippen molar-refractivity contribution in [3.63, 3.8) is 0 Å². The maximum atomic E-state index is 12.9. The van der Waals surface area contributed by atoms with Crippen LogP contribution in [-0.4, -0.2) is 43.4 Å². The van der Waals surface area contributed by atoms with E-state index in [0.717, 1.165) is 17.5 Å². The third-order valence-electron chi connectivity index (χ3n) is 6.32. The number of nitrogens with one attached hydrogen (secondary N) is 1. The first-order valence-electron chi connectivity index (χ1n) is 11.3. The average Bonchev–Trinajstić information content (AvgIpc) is 2.70. The summed E-state index contributed by atoms with van der Waals surface area (Å²) in [4.78, 5) is 26.6. The van der Waals surface area contributed by atoms with Gasteiger partial charge in [0.05, 0.1) is 0 Å². The quantitative estimate of drug-likeness (QED) is 0.617. The summed E-state index contributed by atoms with van der Waals surface area (Å²) in [6.45, 7) is 11.1. The predicted molar refractivity (Wildman–Crippen MR) is 132 cm³/mol. The number of nitrogens with zero attached hydrogens (tertiary/aromatic N) is 1. The molecule has 2 amide bonds. The minimum absolute atomic E-state index is 0.0178. The summed E-state index contributed by atoms with van der Waals surface area (Å²) in [6.07, 6.45) is 1.24. The second kappa shape index (κ2) is 10.8. The van der Waals surface area contributed by atoms with Crippen LogP contribution in [0.4, 0.5) is 0 Å². The number of nitrogens with two attached hydrogens (primary N) is 1. The summed E-state index contributed by atoms with van der Waals surface area (Å²) < 4.78 is 0. The van der Waals surface area contributed by atoms with Gasteiger partial charge < -0.3 is 16.0 Å². The molecule has 0 aromatic heterocycles. The van der Waals surface area contributed by atoms with Crippen LogP contribution in [0.25, 0.3) is 0 Å². The van der Waals surface area contributed by atoms with Crippen LogP contribution in [0.15, 0.2) is 42.5 Å². The number of primary amides is 1. The molecule has 0 aliphatic rings. The van der Waals surface area contributed by atoms with Gasteiger partial charge in [-0.15, -0.1) is 0 Å². The molecule has 0 bridgehead atoms. The van der Waals surface area contributed by atoms with Crippen molar-refractivity contribution >= 4 is 11.8 Å². The van der Waals surface area contributed by atoms with E-state index in [-0.39, 0.29) is 23.3 Å². The van der Waals surface area contributed by atoms with Crippen LogP contribution >= 0.6 is 0 Å². The van der Waals surface area contributed by atoms with Gasteiger partial charge in [0.25, 0.3) is 0 Å². The molecule has 2 rings (SSSR count). The molecule has 2 aromatic rings. The van der Waals surface area contributed by atoms with Crippen LogP contribution in [0, 0.1) is 19.3 Å². The number of likely N-dealkylation sites (N-methyl/N-ethyl adjacent to an activating group) is 1. The van der Waals surface area contributed by atoms with Crippen molar-refractivity contribution in [3.8, 4) is 0 Å². The summed E-state index contributed by atoms with van der Waals surface area (Å²) in [7, 11) is 4.06. The number of rotatable bonds is 9. The summed E-state index contributed by atoms with van der Waals surface area (Å²) in [6, 6.07) is 14.1. The molecule has 0 aliphatic heterocycles. The molecular formula is C27H39N3O2. The zero-order chi connectivity index (χ0) is 24.1. The topological polar surface area (TPSA) is 75.4 Å². The lowest BCUT2D eigenvalue weighted by Crippen LogP contribution is -2.42. The fourth-order valence-corrected chi connectivity index (χ4v) is 4.23. The standard InChI is InChI=1S/C27H39N3O2/c1-18-13-21(26(28)32)14-19(2)23(18)15-22(30(6)7)17-29-25(31)16-24(27(3,4)5)20-11-9-8-10-12-20/h8-14,22,24H,15-17H2,1-7H3,(H2,28,32)(H,29,31)/t22-,24+/m0/s1. The van der Waals surface area contributed by atoms with E-state index < -0.39 is 5.91 Å². The average molecular weight is 438 g/mol. The van der Waals surface area contributed by atoms with E-state index in [1.165, 1.54) is 11.1 Å². The molecule has 0 spiro atoms. The minimum Gasteiger partial charge on any atom is -0.366 e. The molecule has 2 atom stereocenters. The molecule has 3 N–H and O–H groups in total. The van der Waals surface area contributed by atoms with Gasteiger partial charge in [0.1, 0.15) is 0 Å². The molecule has 0 unspecified atom stereocenters. The molecule has 0 radical (unpaired) electrons. The lowest BCUT2D eigenvalue weighted by Gasteiger charge is -2.31. The summed E-state index contributed by atoms with van der Waals surface area (Å²) >= 11 is 0. The first-order chi connectivity index (χ1) is 14.9. The Hall–Kier alpha value is -2.66. The Morgan fingerprint density at radius 3 is 2.06 bits per heavy atom. The molecule has 0 fully saturated rings. The zero-order valence-corrected chi connectivity index (χ0v) is 20.7. The molecule has 0 heterocycles.